The molecule has 2 heterocycles. The lowest BCUT2D eigenvalue weighted by atomic mass is 9.86. The second kappa shape index (κ2) is 4.82. The van der Waals surface area contributed by atoms with E-state index in [0.29, 0.717) is 25.3 Å². The molecule has 0 amide bonds. The van der Waals surface area contributed by atoms with Gasteiger partial charge in [0.15, 0.2) is 0 Å². The van der Waals surface area contributed by atoms with Gasteiger partial charge in [-0.15, -0.1) is 0 Å². The summed E-state index contributed by atoms with van der Waals surface area (Å²) in [6.07, 6.45) is 1.40. The molecule has 0 aliphatic carbocycles. The third kappa shape index (κ3) is 2.90. The van der Waals surface area contributed by atoms with E-state index in [0.717, 1.165) is 11.5 Å². The van der Waals surface area contributed by atoms with Crippen LogP contribution in [0.15, 0.2) is 16.5 Å². The quantitative estimate of drug-likeness (QED) is 0.889. The first-order valence-corrected chi connectivity index (χ1v) is 7.81. The monoisotopic (exact) mass is 257 g/mol. The van der Waals surface area contributed by atoms with E-state index in [2.05, 4.69) is 0 Å². The van der Waals surface area contributed by atoms with E-state index in [4.69, 9.17) is 10.2 Å². The van der Waals surface area contributed by atoms with Crippen LogP contribution < -0.4 is 5.73 Å². The summed E-state index contributed by atoms with van der Waals surface area (Å²) < 4.78 is 28.4. The summed E-state index contributed by atoms with van der Waals surface area (Å²) in [4.78, 5) is 0. The summed E-state index contributed by atoms with van der Waals surface area (Å²) in [6, 6.07) is 3.88. The zero-order valence-electron chi connectivity index (χ0n) is 10.1. The maximum Gasteiger partial charge on any atom is 0.150 e. The third-order valence-corrected chi connectivity index (χ3v) is 5.26. The average molecular weight is 257 g/mol. The molecule has 2 rings (SSSR count). The van der Waals surface area contributed by atoms with Crippen LogP contribution in [0, 0.1) is 12.8 Å². The van der Waals surface area contributed by atoms with E-state index in [1.165, 1.54) is 0 Å². The Morgan fingerprint density at radius 1 is 1.41 bits per heavy atom. The van der Waals surface area contributed by atoms with Crippen molar-refractivity contribution in [1.29, 1.82) is 0 Å². The zero-order chi connectivity index (χ0) is 12.5. The Kier molecular flexibility index (Phi) is 3.58. The van der Waals surface area contributed by atoms with Gasteiger partial charge >= 0.3 is 0 Å². The van der Waals surface area contributed by atoms with E-state index in [1.54, 1.807) is 0 Å². The van der Waals surface area contributed by atoms with Crippen molar-refractivity contribution in [2.24, 2.45) is 11.7 Å². The van der Waals surface area contributed by atoms with Gasteiger partial charge in [-0.2, -0.15) is 0 Å². The Morgan fingerprint density at radius 3 is 2.53 bits per heavy atom. The molecule has 1 aromatic heterocycles. The average Bonchev–Trinajstić information content (AvgIpc) is 2.68. The van der Waals surface area contributed by atoms with Gasteiger partial charge in [-0.3, -0.25) is 0 Å². The third-order valence-electron chi connectivity index (χ3n) is 3.55. The SMILES string of the molecule is Cc1ccc(C(CN)C2CCS(=O)(=O)CC2)o1. The van der Waals surface area contributed by atoms with Crippen LogP contribution >= 0.6 is 0 Å². The van der Waals surface area contributed by atoms with Gasteiger partial charge in [0.1, 0.15) is 21.4 Å². The molecule has 1 aromatic rings. The van der Waals surface area contributed by atoms with Crippen LogP contribution in [0.25, 0.3) is 0 Å². The number of furan rings is 1. The molecule has 1 fully saturated rings. The molecular formula is C12H19NO3S. The molecule has 1 aliphatic rings. The highest BCUT2D eigenvalue weighted by Gasteiger charge is 2.31. The molecule has 0 aromatic carbocycles. The topological polar surface area (TPSA) is 73.3 Å². The number of hydrogen-bond acceptors (Lipinski definition) is 4. The van der Waals surface area contributed by atoms with Crippen LogP contribution in [-0.4, -0.2) is 26.5 Å². The molecule has 1 unspecified atom stereocenters. The van der Waals surface area contributed by atoms with Crippen molar-refractivity contribution in [3.8, 4) is 0 Å². The van der Waals surface area contributed by atoms with Gasteiger partial charge in [0.25, 0.3) is 0 Å². The predicted octanol–water partition coefficient (Wildman–Crippen LogP) is 1.46. The minimum absolute atomic E-state index is 0.152. The first-order valence-electron chi connectivity index (χ1n) is 5.98. The number of rotatable bonds is 3. The zero-order valence-corrected chi connectivity index (χ0v) is 10.9. The summed E-state index contributed by atoms with van der Waals surface area (Å²) in [5.74, 6) is 2.83. The van der Waals surface area contributed by atoms with Crippen molar-refractivity contribution in [3.63, 3.8) is 0 Å². The van der Waals surface area contributed by atoms with Crippen LogP contribution in [0.4, 0.5) is 0 Å². The molecule has 0 radical (unpaired) electrons. The van der Waals surface area contributed by atoms with Crippen LogP contribution in [0.3, 0.4) is 0 Å². The van der Waals surface area contributed by atoms with E-state index in [-0.39, 0.29) is 17.4 Å². The normalized spacial score (nSPS) is 22.5. The minimum Gasteiger partial charge on any atom is -0.466 e. The van der Waals surface area contributed by atoms with Crippen molar-refractivity contribution in [3.05, 3.63) is 23.7 Å². The smallest absolute Gasteiger partial charge is 0.150 e. The molecule has 0 spiro atoms. The fraction of sp³-hybridized carbons (Fsp3) is 0.667. The van der Waals surface area contributed by atoms with Gasteiger partial charge in [0.05, 0.1) is 11.5 Å². The Morgan fingerprint density at radius 2 is 2.06 bits per heavy atom. The fourth-order valence-electron chi connectivity index (χ4n) is 2.50. The maximum atomic E-state index is 11.4. The van der Waals surface area contributed by atoms with Crippen LogP contribution in [0.1, 0.15) is 30.3 Å². The van der Waals surface area contributed by atoms with Crippen molar-refractivity contribution < 1.29 is 12.8 Å². The van der Waals surface area contributed by atoms with Gasteiger partial charge in [-0.25, -0.2) is 8.42 Å². The molecule has 5 heteroatoms. The van der Waals surface area contributed by atoms with Crippen molar-refractivity contribution in [2.75, 3.05) is 18.1 Å². The molecule has 0 bridgehead atoms. The van der Waals surface area contributed by atoms with E-state index < -0.39 is 9.84 Å². The van der Waals surface area contributed by atoms with Gasteiger partial charge < -0.3 is 10.2 Å². The second-order valence-electron chi connectivity index (χ2n) is 4.78. The Bertz CT molecular complexity index is 464. The highest BCUT2D eigenvalue weighted by molar-refractivity contribution is 7.91. The van der Waals surface area contributed by atoms with E-state index in [9.17, 15) is 8.42 Å². The largest absolute Gasteiger partial charge is 0.466 e. The second-order valence-corrected chi connectivity index (χ2v) is 7.08. The first kappa shape index (κ1) is 12.6. The number of aryl methyl sites for hydroxylation is 1. The Hall–Kier alpha value is -0.810. The molecule has 1 saturated heterocycles. The summed E-state index contributed by atoms with van der Waals surface area (Å²) in [5.41, 5.74) is 5.80. The van der Waals surface area contributed by atoms with Crippen LogP contribution in [0.5, 0.6) is 0 Å². The summed E-state index contributed by atoms with van der Waals surface area (Å²) in [7, 11) is -2.81. The first-order chi connectivity index (χ1) is 8.02. The van der Waals surface area contributed by atoms with Crippen molar-refractivity contribution in [2.45, 2.75) is 25.7 Å². The Balaban J connectivity index is 2.10. The molecule has 2 N–H and O–H groups in total. The molecular weight excluding hydrogens is 238 g/mol. The van der Waals surface area contributed by atoms with Crippen molar-refractivity contribution >= 4 is 9.84 Å². The molecule has 1 aliphatic heterocycles. The predicted molar refractivity (Wildman–Crippen MR) is 66.6 cm³/mol. The van der Waals surface area contributed by atoms with Crippen LogP contribution in [0.2, 0.25) is 0 Å². The molecule has 1 atom stereocenters. The molecule has 0 saturated carbocycles. The molecule has 96 valence electrons. The fourth-order valence-corrected chi connectivity index (χ4v) is 4.03. The minimum atomic E-state index is -2.81. The lowest BCUT2D eigenvalue weighted by molar-refractivity contribution is 0.333. The van der Waals surface area contributed by atoms with Gasteiger partial charge in [0.2, 0.25) is 0 Å². The van der Waals surface area contributed by atoms with E-state index >= 15 is 0 Å². The lowest BCUT2D eigenvalue weighted by Crippen LogP contribution is -2.30. The molecule has 17 heavy (non-hydrogen) atoms. The maximum absolute atomic E-state index is 11.4. The van der Waals surface area contributed by atoms with E-state index in [1.807, 2.05) is 19.1 Å². The highest BCUT2D eigenvalue weighted by atomic mass is 32.2. The lowest BCUT2D eigenvalue weighted by Gasteiger charge is -2.28. The van der Waals surface area contributed by atoms with Crippen molar-refractivity contribution in [1.82, 2.24) is 0 Å². The number of nitrogens with two attached hydrogens (primary N) is 1. The van der Waals surface area contributed by atoms with Crippen LogP contribution in [-0.2, 0) is 9.84 Å². The highest BCUT2D eigenvalue weighted by Crippen LogP contribution is 2.33. The standard InChI is InChI=1S/C12H19NO3S/c1-9-2-3-12(16-9)11(8-13)10-4-6-17(14,15)7-5-10/h2-3,10-11H,4-8,13H2,1H3. The number of sulfone groups is 1. The number of hydrogen-bond donors (Lipinski definition) is 1. The summed E-state index contributed by atoms with van der Waals surface area (Å²) in [5, 5.41) is 0. The van der Waals surface area contributed by atoms with Gasteiger partial charge in [-0.05, 0) is 37.8 Å². The van der Waals surface area contributed by atoms with Gasteiger partial charge in [-0.1, -0.05) is 0 Å². The summed E-state index contributed by atoms with van der Waals surface area (Å²) in [6.45, 7) is 2.42. The van der Waals surface area contributed by atoms with Gasteiger partial charge in [0, 0.05) is 12.5 Å². The molecule has 4 nitrogen and oxygen atoms in total. The Labute approximate surface area is 102 Å². The summed E-state index contributed by atoms with van der Waals surface area (Å²) >= 11 is 0.